The maximum Gasteiger partial charge on any atom is 0.255 e. The first-order valence-electron chi connectivity index (χ1n) is 9.31. The number of anilines is 1. The molecule has 0 aliphatic rings. The van der Waals surface area contributed by atoms with Crippen LogP contribution in [0.4, 0.5) is 5.69 Å². The van der Waals surface area contributed by atoms with E-state index in [0.717, 1.165) is 28.3 Å². The molecule has 0 aliphatic heterocycles. The van der Waals surface area contributed by atoms with Crippen LogP contribution in [0.15, 0.2) is 53.3 Å². The smallest absolute Gasteiger partial charge is 0.255 e. The van der Waals surface area contributed by atoms with Crippen molar-refractivity contribution in [3.05, 3.63) is 76.9 Å². The summed E-state index contributed by atoms with van der Waals surface area (Å²) in [6.45, 7) is 6.03. The van der Waals surface area contributed by atoms with Crippen molar-refractivity contribution in [3.63, 3.8) is 0 Å². The van der Waals surface area contributed by atoms with E-state index < -0.39 is 0 Å². The summed E-state index contributed by atoms with van der Waals surface area (Å²) < 4.78 is 12.5. The second kappa shape index (κ2) is 8.16. The molecule has 1 amide bonds. The van der Waals surface area contributed by atoms with Crippen LogP contribution in [-0.2, 0) is 6.61 Å². The zero-order valence-electron chi connectivity index (χ0n) is 16.8. The Bertz CT molecular complexity index is 1150. The number of carbonyl (C=O) groups is 1. The van der Waals surface area contributed by atoms with Crippen LogP contribution in [0.3, 0.4) is 0 Å². The molecule has 4 rings (SSSR count). The number of aryl methyl sites for hydroxylation is 3. The minimum atomic E-state index is -0.223. The van der Waals surface area contributed by atoms with Gasteiger partial charge in [-0.25, -0.2) is 4.68 Å². The van der Waals surface area contributed by atoms with E-state index in [4.69, 9.17) is 9.26 Å². The number of hydrogen-bond acceptors (Lipinski definition) is 7. The number of tetrazole rings is 1. The van der Waals surface area contributed by atoms with Crippen molar-refractivity contribution in [1.29, 1.82) is 0 Å². The molecule has 0 atom stereocenters. The highest BCUT2D eigenvalue weighted by Gasteiger charge is 2.11. The van der Waals surface area contributed by atoms with Crippen molar-refractivity contribution in [2.45, 2.75) is 27.4 Å². The standard InChI is InChI=1S/C21H20N6O3/c1-13-4-7-17(10-20(13)27-12-22-25-26-27)23-21(28)16-5-8-18(9-6-16)29-11-19-14(2)24-30-15(19)3/h4-10,12H,11H2,1-3H3,(H,23,28). The van der Waals surface area contributed by atoms with Crippen molar-refractivity contribution < 1.29 is 14.1 Å². The van der Waals surface area contributed by atoms with Crippen LogP contribution < -0.4 is 10.1 Å². The first-order valence-corrected chi connectivity index (χ1v) is 9.31. The molecule has 9 nitrogen and oxygen atoms in total. The summed E-state index contributed by atoms with van der Waals surface area (Å²) in [4.78, 5) is 12.6. The van der Waals surface area contributed by atoms with Gasteiger partial charge >= 0.3 is 0 Å². The van der Waals surface area contributed by atoms with Crippen LogP contribution in [0.25, 0.3) is 5.69 Å². The molecule has 1 N–H and O–H groups in total. The summed E-state index contributed by atoms with van der Waals surface area (Å²) >= 11 is 0. The predicted octanol–water partition coefficient (Wildman–Crippen LogP) is 3.41. The van der Waals surface area contributed by atoms with E-state index in [1.54, 1.807) is 28.9 Å². The Kier molecular flexibility index (Phi) is 5.25. The minimum Gasteiger partial charge on any atom is -0.489 e. The second-order valence-electron chi connectivity index (χ2n) is 6.83. The Balaban J connectivity index is 1.42. The van der Waals surface area contributed by atoms with Gasteiger partial charge < -0.3 is 14.6 Å². The van der Waals surface area contributed by atoms with Crippen LogP contribution >= 0.6 is 0 Å². The Morgan fingerprint density at radius 3 is 2.60 bits per heavy atom. The molecule has 2 aromatic carbocycles. The lowest BCUT2D eigenvalue weighted by Gasteiger charge is -2.10. The number of benzene rings is 2. The lowest BCUT2D eigenvalue weighted by Crippen LogP contribution is -2.12. The highest BCUT2D eigenvalue weighted by atomic mass is 16.5. The molecule has 0 bridgehead atoms. The van der Waals surface area contributed by atoms with Crippen molar-refractivity contribution in [1.82, 2.24) is 25.4 Å². The average Bonchev–Trinajstić information content (AvgIpc) is 3.39. The monoisotopic (exact) mass is 404 g/mol. The molecule has 152 valence electrons. The van der Waals surface area contributed by atoms with Crippen molar-refractivity contribution >= 4 is 11.6 Å². The summed E-state index contributed by atoms with van der Waals surface area (Å²) in [5, 5.41) is 18.0. The van der Waals surface area contributed by atoms with Gasteiger partial charge in [-0.2, -0.15) is 0 Å². The van der Waals surface area contributed by atoms with Gasteiger partial charge in [0.15, 0.2) is 0 Å². The number of amides is 1. The number of carbonyl (C=O) groups excluding carboxylic acids is 1. The maximum atomic E-state index is 12.6. The topological polar surface area (TPSA) is 108 Å². The molecule has 0 aliphatic carbocycles. The normalized spacial score (nSPS) is 10.8. The van der Waals surface area contributed by atoms with Gasteiger partial charge in [-0.05, 0) is 73.2 Å². The molecule has 2 heterocycles. The molecular weight excluding hydrogens is 384 g/mol. The molecule has 4 aromatic rings. The quantitative estimate of drug-likeness (QED) is 0.525. The Morgan fingerprint density at radius 1 is 1.13 bits per heavy atom. The average molecular weight is 404 g/mol. The van der Waals surface area contributed by atoms with Crippen molar-refractivity contribution in [2.24, 2.45) is 0 Å². The van der Waals surface area contributed by atoms with E-state index >= 15 is 0 Å². The van der Waals surface area contributed by atoms with Gasteiger partial charge in [-0.15, -0.1) is 5.10 Å². The van der Waals surface area contributed by atoms with E-state index in [9.17, 15) is 4.79 Å². The van der Waals surface area contributed by atoms with E-state index in [0.29, 0.717) is 23.6 Å². The SMILES string of the molecule is Cc1ccc(NC(=O)c2ccc(OCc3c(C)noc3C)cc2)cc1-n1cnnn1. The Morgan fingerprint density at radius 2 is 1.93 bits per heavy atom. The van der Waals surface area contributed by atoms with Crippen molar-refractivity contribution in [3.8, 4) is 11.4 Å². The van der Waals surface area contributed by atoms with Gasteiger partial charge in [0.2, 0.25) is 0 Å². The second-order valence-corrected chi connectivity index (χ2v) is 6.83. The highest BCUT2D eigenvalue weighted by Crippen LogP contribution is 2.21. The van der Waals surface area contributed by atoms with Crippen LogP contribution in [0.5, 0.6) is 5.75 Å². The van der Waals surface area contributed by atoms with E-state index in [-0.39, 0.29) is 5.91 Å². The Labute approximate surface area is 172 Å². The summed E-state index contributed by atoms with van der Waals surface area (Å²) in [5.41, 5.74) is 4.68. The maximum absolute atomic E-state index is 12.6. The number of nitrogens with zero attached hydrogens (tertiary/aromatic N) is 5. The molecule has 0 radical (unpaired) electrons. The summed E-state index contributed by atoms with van der Waals surface area (Å²) in [7, 11) is 0. The third kappa shape index (κ3) is 4.04. The summed E-state index contributed by atoms with van der Waals surface area (Å²) in [5.74, 6) is 1.17. The van der Waals surface area contributed by atoms with Gasteiger partial charge in [0, 0.05) is 11.3 Å². The van der Waals surface area contributed by atoms with Crippen LogP contribution in [0.1, 0.15) is 32.9 Å². The van der Waals surface area contributed by atoms with Crippen LogP contribution in [0.2, 0.25) is 0 Å². The number of aromatic nitrogens is 5. The lowest BCUT2D eigenvalue weighted by atomic mass is 10.1. The lowest BCUT2D eigenvalue weighted by molar-refractivity contribution is 0.102. The fourth-order valence-electron chi connectivity index (χ4n) is 2.97. The molecule has 0 saturated carbocycles. The molecule has 0 spiro atoms. The largest absolute Gasteiger partial charge is 0.489 e. The van der Waals surface area contributed by atoms with Crippen LogP contribution in [-0.4, -0.2) is 31.3 Å². The number of hydrogen-bond donors (Lipinski definition) is 1. The first kappa shape index (κ1) is 19.3. The van der Waals surface area contributed by atoms with Gasteiger partial charge in [0.25, 0.3) is 5.91 Å². The van der Waals surface area contributed by atoms with E-state index in [1.807, 2.05) is 39.0 Å². The van der Waals surface area contributed by atoms with Gasteiger partial charge in [-0.3, -0.25) is 4.79 Å². The van der Waals surface area contributed by atoms with Gasteiger partial charge in [0.05, 0.1) is 16.9 Å². The molecule has 2 aromatic heterocycles. The third-order valence-corrected chi connectivity index (χ3v) is 4.74. The molecule has 0 unspecified atom stereocenters. The molecule has 9 heteroatoms. The molecule has 30 heavy (non-hydrogen) atoms. The number of nitrogens with one attached hydrogen (secondary N) is 1. The summed E-state index contributed by atoms with van der Waals surface area (Å²) in [6.07, 6.45) is 1.51. The van der Waals surface area contributed by atoms with Gasteiger partial charge in [-0.1, -0.05) is 11.2 Å². The zero-order valence-corrected chi connectivity index (χ0v) is 16.8. The number of rotatable bonds is 6. The minimum absolute atomic E-state index is 0.223. The summed E-state index contributed by atoms with van der Waals surface area (Å²) in [6, 6.07) is 12.5. The molecular formula is C21H20N6O3. The molecule has 0 fully saturated rings. The first-order chi connectivity index (χ1) is 14.5. The fourth-order valence-corrected chi connectivity index (χ4v) is 2.97. The fraction of sp³-hybridized carbons (Fsp3) is 0.190. The van der Waals surface area contributed by atoms with Crippen molar-refractivity contribution in [2.75, 3.05) is 5.32 Å². The van der Waals surface area contributed by atoms with E-state index in [2.05, 4.69) is 26.0 Å². The third-order valence-electron chi connectivity index (χ3n) is 4.74. The van der Waals surface area contributed by atoms with E-state index in [1.165, 1.54) is 6.33 Å². The van der Waals surface area contributed by atoms with Crippen LogP contribution in [0, 0.1) is 20.8 Å². The zero-order chi connectivity index (χ0) is 21.1. The number of ether oxygens (including phenoxy) is 1. The highest BCUT2D eigenvalue weighted by molar-refractivity contribution is 6.04. The Hall–Kier alpha value is -4.01. The predicted molar refractivity (Wildman–Crippen MR) is 109 cm³/mol. The molecule has 0 saturated heterocycles. The van der Waals surface area contributed by atoms with Gasteiger partial charge in [0.1, 0.15) is 24.4 Å².